The molecule has 1 aliphatic heterocycles. The van der Waals surface area contributed by atoms with E-state index in [4.69, 9.17) is 21.1 Å². The van der Waals surface area contributed by atoms with Crippen molar-refractivity contribution in [2.75, 3.05) is 7.11 Å². The first-order chi connectivity index (χ1) is 11.6. The van der Waals surface area contributed by atoms with Gasteiger partial charge in [0.25, 0.3) is 0 Å². The van der Waals surface area contributed by atoms with Crippen LogP contribution < -0.4 is 4.74 Å². The van der Waals surface area contributed by atoms with E-state index in [1.54, 1.807) is 48.6 Å². The first-order valence-electron chi connectivity index (χ1n) is 7.18. The molecule has 0 amide bonds. The molecule has 3 rings (SSSR count). The molecule has 2 aromatic rings. The number of carbonyl (C=O) groups excluding carboxylic acids is 2. The summed E-state index contributed by atoms with van der Waals surface area (Å²) in [4.78, 5) is 24.1. The number of carbonyl (C=O) groups is 2. The summed E-state index contributed by atoms with van der Waals surface area (Å²) in [5.74, 6) is -0.792. The van der Waals surface area contributed by atoms with E-state index in [2.05, 4.69) is 0 Å². The van der Waals surface area contributed by atoms with Gasteiger partial charge in [-0.3, -0.25) is 0 Å². The zero-order valence-electron chi connectivity index (χ0n) is 12.8. The third-order valence-corrected chi connectivity index (χ3v) is 3.90. The van der Waals surface area contributed by atoms with Crippen LogP contribution in [0.25, 0.3) is 12.2 Å². The lowest BCUT2D eigenvalue weighted by Crippen LogP contribution is -1.97. The van der Waals surface area contributed by atoms with Crippen molar-refractivity contribution in [1.82, 2.24) is 0 Å². The minimum Gasteiger partial charge on any atom is -0.496 e. The molecule has 24 heavy (non-hydrogen) atoms. The van der Waals surface area contributed by atoms with Crippen molar-refractivity contribution in [1.29, 1.82) is 0 Å². The second-order valence-electron chi connectivity index (χ2n) is 5.06. The number of ether oxygens (including phenoxy) is 2. The molecule has 2 aromatic carbocycles. The molecule has 4 nitrogen and oxygen atoms in total. The zero-order valence-corrected chi connectivity index (χ0v) is 13.5. The van der Waals surface area contributed by atoms with Gasteiger partial charge in [0, 0.05) is 10.6 Å². The molecule has 0 radical (unpaired) electrons. The molecular formula is C19H13ClO4. The SMILES string of the molecule is COc1ccccc1C=C1C(=O)OC(=O)C1=Cc1ccccc1Cl. The predicted molar refractivity (Wildman–Crippen MR) is 91.5 cm³/mol. The summed E-state index contributed by atoms with van der Waals surface area (Å²) in [5.41, 5.74) is 1.64. The van der Waals surface area contributed by atoms with Crippen LogP contribution in [0.1, 0.15) is 11.1 Å². The molecule has 1 aliphatic rings. The largest absolute Gasteiger partial charge is 0.496 e. The number of benzene rings is 2. The third kappa shape index (κ3) is 3.09. The standard InChI is InChI=1S/C19H13ClO4/c1-23-17-9-5-3-7-13(17)11-15-14(18(21)24-19(15)22)10-12-6-2-4-8-16(12)20/h2-11H,1H3. The molecule has 0 N–H and O–H groups in total. The van der Waals surface area contributed by atoms with E-state index in [1.165, 1.54) is 7.11 Å². The number of rotatable bonds is 3. The minimum absolute atomic E-state index is 0.166. The van der Waals surface area contributed by atoms with Crippen molar-refractivity contribution in [3.8, 4) is 5.75 Å². The first-order valence-corrected chi connectivity index (χ1v) is 7.56. The van der Waals surface area contributed by atoms with Gasteiger partial charge in [0.05, 0.1) is 18.3 Å². The highest BCUT2D eigenvalue weighted by Crippen LogP contribution is 2.30. The lowest BCUT2D eigenvalue weighted by molar-refractivity contribution is -0.149. The Hall–Kier alpha value is -2.85. The van der Waals surface area contributed by atoms with Crippen LogP contribution in [-0.2, 0) is 14.3 Å². The predicted octanol–water partition coefficient (Wildman–Crippen LogP) is 3.90. The molecule has 0 bridgehead atoms. The highest BCUT2D eigenvalue weighted by Gasteiger charge is 2.33. The Morgan fingerprint density at radius 3 is 2.04 bits per heavy atom. The monoisotopic (exact) mass is 340 g/mol. The number of esters is 2. The van der Waals surface area contributed by atoms with Gasteiger partial charge in [-0.1, -0.05) is 48.0 Å². The molecule has 0 spiro atoms. The molecule has 0 saturated carbocycles. The maximum atomic E-state index is 12.0. The fraction of sp³-hybridized carbons (Fsp3) is 0.0526. The molecule has 1 saturated heterocycles. The second kappa shape index (κ2) is 6.72. The van der Waals surface area contributed by atoms with Crippen LogP contribution in [0.15, 0.2) is 59.7 Å². The van der Waals surface area contributed by atoms with E-state index in [-0.39, 0.29) is 11.1 Å². The third-order valence-electron chi connectivity index (χ3n) is 3.56. The van der Waals surface area contributed by atoms with Crippen molar-refractivity contribution >= 4 is 35.7 Å². The number of methoxy groups -OCH3 is 1. The lowest BCUT2D eigenvalue weighted by Gasteiger charge is -2.04. The molecule has 120 valence electrons. The summed E-state index contributed by atoms with van der Waals surface area (Å²) in [6.45, 7) is 0. The molecule has 1 heterocycles. The van der Waals surface area contributed by atoms with Crippen molar-refractivity contribution in [3.63, 3.8) is 0 Å². The van der Waals surface area contributed by atoms with Gasteiger partial charge in [0.15, 0.2) is 0 Å². The summed E-state index contributed by atoms with van der Waals surface area (Å²) in [5, 5.41) is 0.480. The van der Waals surface area contributed by atoms with Gasteiger partial charge in [-0.25, -0.2) is 9.59 Å². The Bertz CT molecular complexity index is 880. The fourth-order valence-corrected chi connectivity index (χ4v) is 2.57. The first kappa shape index (κ1) is 16.0. The Morgan fingerprint density at radius 1 is 0.875 bits per heavy atom. The lowest BCUT2D eigenvalue weighted by atomic mass is 10.0. The molecule has 5 heteroatoms. The van der Waals surface area contributed by atoms with Crippen LogP contribution in [-0.4, -0.2) is 19.0 Å². The molecule has 0 atom stereocenters. The van der Waals surface area contributed by atoms with Crippen LogP contribution in [0.3, 0.4) is 0 Å². The van der Waals surface area contributed by atoms with E-state index >= 15 is 0 Å². The zero-order chi connectivity index (χ0) is 17.1. The van der Waals surface area contributed by atoms with Crippen molar-refractivity contribution in [3.05, 3.63) is 75.8 Å². The topological polar surface area (TPSA) is 52.6 Å². The summed E-state index contributed by atoms with van der Waals surface area (Å²) >= 11 is 6.12. The van der Waals surface area contributed by atoms with E-state index in [0.717, 1.165) is 0 Å². The highest BCUT2D eigenvalue weighted by atomic mass is 35.5. The Morgan fingerprint density at radius 2 is 1.42 bits per heavy atom. The van der Waals surface area contributed by atoms with E-state index in [0.29, 0.717) is 21.9 Å². The second-order valence-corrected chi connectivity index (χ2v) is 5.46. The number of hydrogen-bond acceptors (Lipinski definition) is 4. The number of cyclic esters (lactones) is 2. The van der Waals surface area contributed by atoms with E-state index in [1.807, 2.05) is 12.1 Å². The van der Waals surface area contributed by atoms with E-state index < -0.39 is 11.9 Å². The maximum absolute atomic E-state index is 12.0. The van der Waals surface area contributed by atoms with Crippen LogP contribution in [0, 0.1) is 0 Å². The van der Waals surface area contributed by atoms with Crippen LogP contribution in [0.5, 0.6) is 5.75 Å². The Balaban J connectivity index is 2.11. The molecule has 1 fully saturated rings. The van der Waals surface area contributed by atoms with Gasteiger partial charge < -0.3 is 9.47 Å². The van der Waals surface area contributed by atoms with Crippen LogP contribution in [0.2, 0.25) is 5.02 Å². The molecule has 0 unspecified atom stereocenters. The van der Waals surface area contributed by atoms with Crippen LogP contribution >= 0.6 is 11.6 Å². The maximum Gasteiger partial charge on any atom is 0.346 e. The smallest absolute Gasteiger partial charge is 0.346 e. The molecule has 0 aromatic heterocycles. The summed E-state index contributed by atoms with van der Waals surface area (Å²) in [6.07, 6.45) is 3.13. The average Bonchev–Trinajstić information content (AvgIpc) is 2.84. The van der Waals surface area contributed by atoms with Crippen molar-refractivity contribution < 1.29 is 19.1 Å². The molecule has 0 aliphatic carbocycles. The number of para-hydroxylation sites is 1. The Labute approximate surface area is 144 Å². The summed E-state index contributed by atoms with van der Waals surface area (Å²) < 4.78 is 10.0. The van der Waals surface area contributed by atoms with Gasteiger partial charge >= 0.3 is 11.9 Å². The highest BCUT2D eigenvalue weighted by molar-refractivity contribution is 6.32. The van der Waals surface area contributed by atoms with Gasteiger partial charge in [0.2, 0.25) is 0 Å². The average molecular weight is 341 g/mol. The normalized spacial score (nSPS) is 17.4. The van der Waals surface area contributed by atoms with Gasteiger partial charge in [-0.05, 0) is 29.8 Å². The summed E-state index contributed by atoms with van der Waals surface area (Å²) in [6, 6.07) is 14.2. The van der Waals surface area contributed by atoms with Crippen molar-refractivity contribution in [2.45, 2.75) is 0 Å². The quantitative estimate of drug-likeness (QED) is 0.483. The number of halogens is 1. The minimum atomic E-state index is -0.693. The number of hydrogen-bond donors (Lipinski definition) is 0. The van der Waals surface area contributed by atoms with Crippen molar-refractivity contribution in [2.24, 2.45) is 0 Å². The molecular weight excluding hydrogens is 328 g/mol. The van der Waals surface area contributed by atoms with Gasteiger partial charge in [-0.2, -0.15) is 0 Å². The van der Waals surface area contributed by atoms with E-state index in [9.17, 15) is 9.59 Å². The van der Waals surface area contributed by atoms with Gasteiger partial charge in [-0.15, -0.1) is 0 Å². The van der Waals surface area contributed by atoms with Crippen LogP contribution in [0.4, 0.5) is 0 Å². The Kier molecular flexibility index (Phi) is 4.49. The van der Waals surface area contributed by atoms with Gasteiger partial charge in [0.1, 0.15) is 5.75 Å². The fourth-order valence-electron chi connectivity index (χ4n) is 2.38. The summed E-state index contributed by atoms with van der Waals surface area (Å²) in [7, 11) is 1.54.